The van der Waals surface area contributed by atoms with E-state index in [1.54, 1.807) is 4.90 Å². The maximum absolute atomic E-state index is 13.1. The third-order valence-electron chi connectivity index (χ3n) is 4.82. The molecule has 154 valence electrons. The largest absolute Gasteiger partial charge is 0.476 e. The number of fused-ring (bicyclic) bond motifs is 1. The van der Waals surface area contributed by atoms with Gasteiger partial charge >= 0.3 is 5.82 Å². The van der Waals surface area contributed by atoms with E-state index in [-0.39, 0.29) is 18.3 Å². The van der Waals surface area contributed by atoms with Crippen molar-refractivity contribution in [3.63, 3.8) is 0 Å². The van der Waals surface area contributed by atoms with Gasteiger partial charge in [-0.05, 0) is 53.3 Å². The van der Waals surface area contributed by atoms with Crippen LogP contribution in [-0.2, 0) is 24.2 Å². The number of benzene rings is 1. The first-order valence-corrected chi connectivity index (χ1v) is 10.5. The monoisotopic (exact) mass is 424 g/mol. The van der Waals surface area contributed by atoms with E-state index in [0.29, 0.717) is 11.7 Å². The normalized spacial score (nSPS) is 12.8. The van der Waals surface area contributed by atoms with E-state index >= 15 is 0 Å². The molecule has 2 aromatic heterocycles. The van der Waals surface area contributed by atoms with Crippen LogP contribution in [0.4, 0.5) is 10.9 Å². The zero-order valence-corrected chi connectivity index (χ0v) is 17.0. The number of nitro groups is 1. The third-order valence-corrected chi connectivity index (χ3v) is 6.01. The summed E-state index contributed by atoms with van der Waals surface area (Å²) in [4.78, 5) is 34.9. The van der Waals surface area contributed by atoms with Crippen molar-refractivity contribution in [2.45, 2.75) is 32.2 Å². The molecule has 3 aromatic rings. The molecule has 2 heterocycles. The molecule has 0 saturated carbocycles. The van der Waals surface area contributed by atoms with Crippen LogP contribution < -0.4 is 9.64 Å². The summed E-state index contributed by atoms with van der Waals surface area (Å²) in [6.45, 7) is 0.00811. The van der Waals surface area contributed by atoms with Gasteiger partial charge in [-0.2, -0.15) is 0 Å². The maximum Gasteiger partial charge on any atom is 0.406 e. The summed E-state index contributed by atoms with van der Waals surface area (Å²) < 4.78 is 5.48. The smallest absolute Gasteiger partial charge is 0.406 e. The van der Waals surface area contributed by atoms with Gasteiger partial charge in [0, 0.05) is 4.88 Å². The lowest BCUT2D eigenvalue weighted by atomic mass is 10.0. The van der Waals surface area contributed by atoms with Gasteiger partial charge in [0.1, 0.15) is 6.20 Å². The van der Waals surface area contributed by atoms with Crippen molar-refractivity contribution in [1.29, 1.82) is 0 Å². The molecule has 0 radical (unpaired) electrons. The van der Waals surface area contributed by atoms with Crippen molar-refractivity contribution in [1.82, 2.24) is 9.97 Å². The van der Waals surface area contributed by atoms with E-state index in [1.807, 2.05) is 30.3 Å². The zero-order chi connectivity index (χ0) is 20.9. The second kappa shape index (κ2) is 9.00. The van der Waals surface area contributed by atoms with Crippen molar-refractivity contribution >= 4 is 28.2 Å². The number of thiazole rings is 1. The Balaban J connectivity index is 1.56. The molecule has 1 amide bonds. The molecule has 1 aliphatic rings. The topological polar surface area (TPSA) is 98.5 Å². The van der Waals surface area contributed by atoms with Gasteiger partial charge in [-0.3, -0.25) is 9.69 Å². The minimum absolute atomic E-state index is 0.0334. The van der Waals surface area contributed by atoms with Crippen molar-refractivity contribution in [2.24, 2.45) is 0 Å². The molecule has 0 N–H and O–H groups in total. The predicted molar refractivity (Wildman–Crippen MR) is 113 cm³/mol. The highest BCUT2D eigenvalue weighted by Crippen LogP contribution is 2.33. The number of amides is 1. The average molecular weight is 424 g/mol. The van der Waals surface area contributed by atoms with Crippen LogP contribution in [-0.4, -0.2) is 27.4 Å². The van der Waals surface area contributed by atoms with Gasteiger partial charge in [0.05, 0.1) is 12.2 Å². The molecule has 0 aliphatic heterocycles. The molecule has 0 unspecified atom stereocenters. The SMILES string of the molecule is O=C(COc1cccnc1[N+](=O)[O-])N(Cc1ccccc1)c1nc2c(s1)CCCC2. The van der Waals surface area contributed by atoms with Gasteiger partial charge in [0.15, 0.2) is 11.7 Å². The molecule has 30 heavy (non-hydrogen) atoms. The fraction of sp³-hybridized carbons (Fsp3) is 0.286. The highest BCUT2D eigenvalue weighted by Gasteiger charge is 2.25. The lowest BCUT2D eigenvalue weighted by Crippen LogP contribution is -2.34. The van der Waals surface area contributed by atoms with Crippen LogP contribution in [0.15, 0.2) is 48.7 Å². The van der Waals surface area contributed by atoms with Crippen molar-refractivity contribution < 1.29 is 14.5 Å². The first-order valence-electron chi connectivity index (χ1n) is 9.67. The number of hydrogen-bond donors (Lipinski definition) is 0. The van der Waals surface area contributed by atoms with Crippen LogP contribution in [0.3, 0.4) is 0 Å². The standard InChI is InChI=1S/C21H20N4O4S/c26-19(14-29-17-10-6-12-22-20(17)25(27)28)24(13-15-7-2-1-3-8-15)21-23-16-9-4-5-11-18(16)30-21/h1-3,6-8,10,12H,4-5,9,11,13-14H2. The molecule has 0 saturated heterocycles. The molecule has 0 fully saturated rings. The number of ether oxygens (including phenoxy) is 1. The van der Waals surface area contributed by atoms with Crippen molar-refractivity contribution in [2.75, 3.05) is 11.5 Å². The van der Waals surface area contributed by atoms with E-state index < -0.39 is 10.7 Å². The lowest BCUT2D eigenvalue weighted by Gasteiger charge is -2.20. The number of nitrogens with zero attached hydrogens (tertiary/aromatic N) is 4. The Morgan fingerprint density at radius 1 is 1.17 bits per heavy atom. The van der Waals surface area contributed by atoms with Crippen molar-refractivity contribution in [3.8, 4) is 5.75 Å². The Morgan fingerprint density at radius 2 is 1.97 bits per heavy atom. The minimum atomic E-state index is -0.629. The van der Waals surface area contributed by atoms with Crippen LogP contribution >= 0.6 is 11.3 Å². The van der Waals surface area contributed by atoms with Gasteiger partial charge < -0.3 is 14.9 Å². The molecule has 0 atom stereocenters. The predicted octanol–water partition coefficient (Wildman–Crippen LogP) is 3.94. The Labute approximate surface area is 177 Å². The number of aryl methyl sites for hydroxylation is 2. The number of carbonyl (C=O) groups is 1. The number of aromatic nitrogens is 2. The van der Waals surface area contributed by atoms with E-state index in [2.05, 4.69) is 4.98 Å². The summed E-state index contributed by atoms with van der Waals surface area (Å²) in [5.74, 6) is -0.762. The Hall–Kier alpha value is -3.33. The number of hydrogen-bond acceptors (Lipinski definition) is 7. The first kappa shape index (κ1) is 20.0. The van der Waals surface area contributed by atoms with Crippen LogP contribution in [0.5, 0.6) is 5.75 Å². The first-order chi connectivity index (χ1) is 14.6. The van der Waals surface area contributed by atoms with Crippen LogP contribution in [0.2, 0.25) is 0 Å². The zero-order valence-electron chi connectivity index (χ0n) is 16.2. The highest BCUT2D eigenvalue weighted by atomic mass is 32.1. The second-order valence-electron chi connectivity index (χ2n) is 6.91. The molecule has 0 bridgehead atoms. The summed E-state index contributed by atoms with van der Waals surface area (Å²) in [6.07, 6.45) is 5.47. The summed E-state index contributed by atoms with van der Waals surface area (Å²) in [7, 11) is 0. The number of anilines is 1. The molecule has 8 nitrogen and oxygen atoms in total. The second-order valence-corrected chi connectivity index (χ2v) is 7.97. The van der Waals surface area contributed by atoms with Crippen LogP contribution in [0.25, 0.3) is 0 Å². The maximum atomic E-state index is 13.1. The molecule has 9 heteroatoms. The third kappa shape index (κ3) is 4.46. The highest BCUT2D eigenvalue weighted by molar-refractivity contribution is 7.15. The Bertz CT molecular complexity index is 1030. The summed E-state index contributed by atoms with van der Waals surface area (Å²) in [6, 6.07) is 12.6. The Morgan fingerprint density at radius 3 is 2.73 bits per heavy atom. The molecular formula is C21H20N4O4S. The number of carbonyl (C=O) groups excluding carboxylic acids is 1. The van der Waals surface area contributed by atoms with Gasteiger partial charge in [0.2, 0.25) is 5.75 Å². The summed E-state index contributed by atoms with van der Waals surface area (Å²) >= 11 is 1.54. The van der Waals surface area contributed by atoms with Gasteiger partial charge in [-0.15, -0.1) is 11.3 Å². The van der Waals surface area contributed by atoms with Crippen molar-refractivity contribution in [3.05, 3.63) is 74.9 Å². The summed E-state index contributed by atoms with van der Waals surface area (Å²) in [5.41, 5.74) is 2.03. The molecule has 4 rings (SSSR count). The number of rotatable bonds is 7. The van der Waals surface area contributed by atoms with Crippen LogP contribution in [0, 0.1) is 10.1 Å². The molecule has 1 aromatic carbocycles. The van der Waals surface area contributed by atoms with E-state index in [1.165, 1.54) is 34.5 Å². The van der Waals surface area contributed by atoms with Gasteiger partial charge in [0.25, 0.3) is 5.91 Å². The molecule has 1 aliphatic carbocycles. The lowest BCUT2D eigenvalue weighted by molar-refractivity contribution is -0.390. The molecule has 0 spiro atoms. The van der Waals surface area contributed by atoms with E-state index in [0.717, 1.165) is 36.9 Å². The van der Waals surface area contributed by atoms with Gasteiger partial charge in [-0.1, -0.05) is 30.3 Å². The fourth-order valence-electron chi connectivity index (χ4n) is 3.33. The van der Waals surface area contributed by atoms with E-state index in [4.69, 9.17) is 9.72 Å². The Kier molecular flexibility index (Phi) is 5.99. The number of pyridine rings is 1. The molecular weight excluding hydrogens is 404 g/mol. The summed E-state index contributed by atoms with van der Waals surface area (Å²) in [5, 5.41) is 11.8. The average Bonchev–Trinajstić information content (AvgIpc) is 3.20. The quantitative estimate of drug-likeness (QED) is 0.421. The van der Waals surface area contributed by atoms with Crippen LogP contribution in [0.1, 0.15) is 29.0 Å². The fourth-order valence-corrected chi connectivity index (χ4v) is 4.50. The minimum Gasteiger partial charge on any atom is -0.476 e. The van der Waals surface area contributed by atoms with E-state index in [9.17, 15) is 14.9 Å². The van der Waals surface area contributed by atoms with Gasteiger partial charge in [-0.25, -0.2) is 4.98 Å².